The van der Waals surface area contributed by atoms with E-state index in [1.165, 1.54) is 25.3 Å². The number of carbonyl (C=O) groups excluding carboxylic acids is 3. The van der Waals surface area contributed by atoms with Gasteiger partial charge in [-0.2, -0.15) is 0 Å². The van der Waals surface area contributed by atoms with Crippen LogP contribution in [0.2, 0.25) is 5.02 Å². The van der Waals surface area contributed by atoms with E-state index in [9.17, 15) is 23.2 Å². The molecule has 0 aromatic heterocycles. The molecule has 0 saturated carbocycles. The fraction of sp³-hybridized carbons (Fsp3) is 0.167. The standard InChI is InChI=1S/C18H15ClF2N2O4/c1-10(24)23(16-6-4-12(20)8-14(16)21)9-17(25)22-15-7-11(18(26)27-2)3-5-13(15)19/h3-8H,9H2,1-2H3,(H,22,25). The van der Waals surface area contributed by atoms with Crippen molar-refractivity contribution in [3.05, 3.63) is 58.6 Å². The van der Waals surface area contributed by atoms with Crippen molar-refractivity contribution >= 4 is 40.8 Å². The van der Waals surface area contributed by atoms with E-state index in [1.807, 2.05) is 0 Å². The summed E-state index contributed by atoms with van der Waals surface area (Å²) in [5, 5.41) is 2.60. The summed E-state index contributed by atoms with van der Waals surface area (Å²) in [7, 11) is 1.21. The first kappa shape index (κ1) is 20.3. The molecular formula is C18H15ClF2N2O4. The first-order chi connectivity index (χ1) is 12.7. The van der Waals surface area contributed by atoms with Gasteiger partial charge in [-0.3, -0.25) is 9.59 Å². The van der Waals surface area contributed by atoms with Crippen LogP contribution in [0.15, 0.2) is 36.4 Å². The van der Waals surface area contributed by atoms with Crippen LogP contribution in [0.4, 0.5) is 20.2 Å². The Kier molecular flexibility index (Phi) is 6.46. The minimum atomic E-state index is -0.983. The molecule has 0 aliphatic heterocycles. The number of ether oxygens (including phenoxy) is 1. The number of benzene rings is 2. The molecule has 0 heterocycles. The van der Waals surface area contributed by atoms with Crippen molar-refractivity contribution in [1.29, 1.82) is 0 Å². The number of carbonyl (C=O) groups is 3. The van der Waals surface area contributed by atoms with Crippen LogP contribution in [0.3, 0.4) is 0 Å². The van der Waals surface area contributed by atoms with Crippen LogP contribution in [0.1, 0.15) is 17.3 Å². The Labute approximate surface area is 158 Å². The molecule has 2 aromatic carbocycles. The normalized spacial score (nSPS) is 10.3. The van der Waals surface area contributed by atoms with Gasteiger partial charge in [0.15, 0.2) is 0 Å². The topological polar surface area (TPSA) is 75.7 Å². The number of esters is 1. The Balaban J connectivity index is 2.22. The molecule has 1 N–H and O–H groups in total. The molecule has 0 aliphatic carbocycles. The molecule has 0 saturated heterocycles. The van der Waals surface area contributed by atoms with Crippen molar-refractivity contribution in [3.8, 4) is 0 Å². The lowest BCUT2D eigenvalue weighted by Gasteiger charge is -2.21. The van der Waals surface area contributed by atoms with Gasteiger partial charge in [0.25, 0.3) is 0 Å². The fourth-order valence-corrected chi connectivity index (χ4v) is 2.43. The third kappa shape index (κ3) is 5.01. The molecule has 0 bridgehead atoms. The van der Waals surface area contributed by atoms with E-state index in [2.05, 4.69) is 10.1 Å². The maximum atomic E-state index is 13.9. The Bertz CT molecular complexity index is 905. The molecule has 0 aliphatic rings. The smallest absolute Gasteiger partial charge is 0.337 e. The predicted molar refractivity (Wildman–Crippen MR) is 95.8 cm³/mol. The summed E-state index contributed by atoms with van der Waals surface area (Å²) in [6.07, 6.45) is 0. The maximum Gasteiger partial charge on any atom is 0.337 e. The largest absolute Gasteiger partial charge is 0.465 e. The van der Waals surface area contributed by atoms with E-state index in [-0.39, 0.29) is 22.0 Å². The number of anilines is 2. The van der Waals surface area contributed by atoms with Gasteiger partial charge in [-0.25, -0.2) is 13.6 Å². The number of halogens is 3. The SMILES string of the molecule is COC(=O)c1ccc(Cl)c(NC(=O)CN(C(C)=O)c2ccc(F)cc2F)c1. The third-order valence-corrected chi connectivity index (χ3v) is 3.87. The van der Waals surface area contributed by atoms with Gasteiger partial charge in [0.1, 0.15) is 18.2 Å². The van der Waals surface area contributed by atoms with Gasteiger partial charge in [0.2, 0.25) is 11.8 Å². The van der Waals surface area contributed by atoms with Crippen molar-refractivity contribution in [2.24, 2.45) is 0 Å². The molecule has 2 aromatic rings. The summed E-state index contributed by atoms with van der Waals surface area (Å²) in [4.78, 5) is 36.5. The molecule has 0 atom stereocenters. The molecule has 9 heteroatoms. The first-order valence-electron chi connectivity index (χ1n) is 7.63. The van der Waals surface area contributed by atoms with Crippen LogP contribution < -0.4 is 10.2 Å². The van der Waals surface area contributed by atoms with Gasteiger partial charge in [0.05, 0.1) is 29.1 Å². The molecule has 6 nitrogen and oxygen atoms in total. The van der Waals surface area contributed by atoms with E-state index in [0.717, 1.165) is 24.0 Å². The maximum absolute atomic E-state index is 13.9. The molecule has 2 rings (SSSR count). The summed E-state index contributed by atoms with van der Waals surface area (Å²) in [5.41, 5.74) is 0.0336. The van der Waals surface area contributed by atoms with Gasteiger partial charge in [-0.15, -0.1) is 0 Å². The number of methoxy groups -OCH3 is 1. The lowest BCUT2D eigenvalue weighted by Crippen LogP contribution is -2.37. The number of hydrogen-bond donors (Lipinski definition) is 1. The molecule has 0 spiro atoms. The number of nitrogens with one attached hydrogen (secondary N) is 1. The molecule has 142 valence electrons. The summed E-state index contributed by atoms with van der Waals surface area (Å²) in [6.45, 7) is 0.595. The highest BCUT2D eigenvalue weighted by molar-refractivity contribution is 6.34. The van der Waals surface area contributed by atoms with Crippen molar-refractivity contribution < 1.29 is 27.9 Å². The molecule has 0 unspecified atom stereocenters. The van der Waals surface area contributed by atoms with E-state index >= 15 is 0 Å². The molecule has 0 fully saturated rings. The minimum absolute atomic E-state index is 0.118. The van der Waals surface area contributed by atoms with Gasteiger partial charge in [0, 0.05) is 13.0 Å². The fourth-order valence-electron chi connectivity index (χ4n) is 2.27. The third-order valence-electron chi connectivity index (χ3n) is 3.54. The average Bonchev–Trinajstić information content (AvgIpc) is 2.61. The molecule has 0 radical (unpaired) electrons. The summed E-state index contributed by atoms with van der Waals surface area (Å²) in [6, 6.07) is 6.76. The zero-order valence-electron chi connectivity index (χ0n) is 14.4. The highest BCUT2D eigenvalue weighted by Crippen LogP contribution is 2.24. The van der Waals surface area contributed by atoms with Crippen molar-refractivity contribution in [1.82, 2.24) is 0 Å². The summed E-state index contributed by atoms with van der Waals surface area (Å²) < 4.78 is 31.6. The van der Waals surface area contributed by atoms with Crippen molar-refractivity contribution in [3.63, 3.8) is 0 Å². The number of hydrogen-bond acceptors (Lipinski definition) is 4. The lowest BCUT2D eigenvalue weighted by molar-refractivity contribution is -0.120. The van der Waals surface area contributed by atoms with Crippen LogP contribution in [0, 0.1) is 11.6 Å². The zero-order valence-corrected chi connectivity index (χ0v) is 15.1. The number of rotatable bonds is 5. The van der Waals surface area contributed by atoms with E-state index in [0.29, 0.717) is 6.07 Å². The second kappa shape index (κ2) is 8.59. The quantitative estimate of drug-likeness (QED) is 0.786. The number of nitrogens with zero attached hydrogens (tertiary/aromatic N) is 1. The van der Waals surface area contributed by atoms with E-state index in [4.69, 9.17) is 11.6 Å². The van der Waals surface area contributed by atoms with Crippen molar-refractivity contribution in [2.45, 2.75) is 6.92 Å². The lowest BCUT2D eigenvalue weighted by atomic mass is 10.2. The first-order valence-corrected chi connectivity index (χ1v) is 8.01. The molecular weight excluding hydrogens is 382 g/mol. The van der Waals surface area contributed by atoms with Crippen molar-refractivity contribution in [2.75, 3.05) is 23.9 Å². The van der Waals surface area contributed by atoms with E-state index in [1.54, 1.807) is 0 Å². The monoisotopic (exact) mass is 396 g/mol. The number of amides is 2. The van der Waals surface area contributed by atoms with Gasteiger partial charge in [-0.1, -0.05) is 11.6 Å². The highest BCUT2D eigenvalue weighted by atomic mass is 35.5. The highest BCUT2D eigenvalue weighted by Gasteiger charge is 2.20. The summed E-state index contributed by atoms with van der Waals surface area (Å²) in [5.74, 6) is -3.73. The zero-order chi connectivity index (χ0) is 20.1. The summed E-state index contributed by atoms with van der Waals surface area (Å²) >= 11 is 6.00. The van der Waals surface area contributed by atoms with Crippen LogP contribution in [-0.2, 0) is 14.3 Å². The van der Waals surface area contributed by atoms with Crippen LogP contribution in [0.5, 0.6) is 0 Å². The average molecular weight is 397 g/mol. The Hall–Kier alpha value is -3.00. The van der Waals surface area contributed by atoms with Crippen LogP contribution in [-0.4, -0.2) is 31.4 Å². The predicted octanol–water partition coefficient (Wildman–Crippen LogP) is 3.40. The van der Waals surface area contributed by atoms with Gasteiger partial charge in [-0.05, 0) is 30.3 Å². The van der Waals surface area contributed by atoms with Gasteiger partial charge >= 0.3 is 5.97 Å². The van der Waals surface area contributed by atoms with Crippen LogP contribution in [0.25, 0.3) is 0 Å². The Morgan fingerprint density at radius 2 is 1.85 bits per heavy atom. The van der Waals surface area contributed by atoms with E-state index < -0.39 is 36.0 Å². The second-order valence-corrected chi connectivity index (χ2v) is 5.84. The van der Waals surface area contributed by atoms with Gasteiger partial charge < -0.3 is 15.0 Å². The molecule has 2 amide bonds. The Morgan fingerprint density at radius 1 is 1.15 bits per heavy atom. The molecule has 27 heavy (non-hydrogen) atoms. The second-order valence-electron chi connectivity index (χ2n) is 5.44. The van der Waals surface area contributed by atoms with Crippen LogP contribution >= 0.6 is 11.6 Å². The minimum Gasteiger partial charge on any atom is -0.465 e. The Morgan fingerprint density at radius 3 is 2.44 bits per heavy atom.